The van der Waals surface area contributed by atoms with Crippen LogP contribution in [0.3, 0.4) is 0 Å². The molecule has 2 heterocycles. The Bertz CT molecular complexity index is 1380. The summed E-state index contributed by atoms with van der Waals surface area (Å²) in [6.07, 6.45) is 0. The van der Waals surface area contributed by atoms with Crippen molar-refractivity contribution >= 4 is 57.2 Å². The summed E-state index contributed by atoms with van der Waals surface area (Å²) in [6.45, 7) is 0. The Labute approximate surface area is 204 Å². The minimum Gasteiger partial charge on any atom is -0.273 e. The van der Waals surface area contributed by atoms with Gasteiger partial charge in [-0.15, -0.1) is 5.10 Å². The molecule has 0 unspecified atom stereocenters. The predicted molar refractivity (Wildman–Crippen MR) is 138 cm³/mol. The number of amidine groups is 1. The third-order valence-corrected chi connectivity index (χ3v) is 6.87. The number of carbonyl (C=O) groups excluding carboxylic acids is 2. The minimum absolute atomic E-state index is 0.0717. The first-order chi connectivity index (χ1) is 16.7. The molecule has 9 heteroatoms. The zero-order valence-corrected chi connectivity index (χ0v) is 19.6. The van der Waals surface area contributed by atoms with Gasteiger partial charge >= 0.3 is 0 Å². The molecule has 168 valence electrons. The predicted octanol–water partition coefficient (Wildman–Crippen LogP) is 4.56. The standard InChI is InChI=1S/C25H19N5O2S2/c31-21(28-29-25-30(22(32)16-34-25)18-11-5-2-6-12-18)15-33-24-23(17-9-3-1-4-10-17)26-19-13-7-8-14-20(19)27-24/h1-14H,15-16H2,(H,28,31)/b29-25-. The van der Waals surface area contributed by atoms with Gasteiger partial charge in [-0.05, 0) is 24.3 Å². The Kier molecular flexibility index (Phi) is 6.55. The van der Waals surface area contributed by atoms with Crippen molar-refractivity contribution < 1.29 is 9.59 Å². The molecule has 1 fully saturated rings. The fourth-order valence-electron chi connectivity index (χ4n) is 3.42. The SMILES string of the molecule is O=C(CSc1nc2ccccc2nc1-c1ccccc1)N/N=C1\SCC(=O)N1c1ccccc1. The number of hydrogen-bond donors (Lipinski definition) is 1. The summed E-state index contributed by atoms with van der Waals surface area (Å²) >= 11 is 2.60. The highest BCUT2D eigenvalue weighted by Gasteiger charge is 2.30. The maximum Gasteiger partial charge on any atom is 0.250 e. The van der Waals surface area contributed by atoms with Crippen molar-refractivity contribution in [2.75, 3.05) is 16.4 Å². The number of hydrogen-bond acceptors (Lipinski definition) is 7. The summed E-state index contributed by atoms with van der Waals surface area (Å²) in [4.78, 5) is 36.0. The highest BCUT2D eigenvalue weighted by atomic mass is 32.2. The van der Waals surface area contributed by atoms with Crippen molar-refractivity contribution in [1.82, 2.24) is 15.4 Å². The van der Waals surface area contributed by atoms with Crippen LogP contribution in [0.15, 0.2) is 95.1 Å². The fraction of sp³-hybridized carbons (Fsp3) is 0.0800. The Morgan fingerprint density at radius 1 is 0.941 bits per heavy atom. The number of para-hydroxylation sites is 3. The third-order valence-electron chi connectivity index (χ3n) is 4.98. The number of fused-ring (bicyclic) bond motifs is 1. The molecule has 1 saturated heterocycles. The van der Waals surface area contributed by atoms with Crippen LogP contribution in [-0.2, 0) is 9.59 Å². The smallest absolute Gasteiger partial charge is 0.250 e. The van der Waals surface area contributed by atoms with Gasteiger partial charge in [0.1, 0.15) is 10.7 Å². The van der Waals surface area contributed by atoms with Crippen LogP contribution in [0.25, 0.3) is 22.3 Å². The van der Waals surface area contributed by atoms with E-state index in [1.807, 2.05) is 84.9 Å². The zero-order valence-electron chi connectivity index (χ0n) is 17.9. The second kappa shape index (κ2) is 10.1. The summed E-state index contributed by atoms with van der Waals surface area (Å²) < 4.78 is 0. The van der Waals surface area contributed by atoms with Gasteiger partial charge in [0.25, 0.3) is 5.91 Å². The van der Waals surface area contributed by atoms with Crippen LogP contribution in [0.4, 0.5) is 5.69 Å². The second-order valence-corrected chi connectivity index (χ2v) is 9.21. The molecular weight excluding hydrogens is 466 g/mol. The van der Waals surface area contributed by atoms with E-state index in [0.29, 0.717) is 10.2 Å². The van der Waals surface area contributed by atoms with Crippen molar-refractivity contribution in [3.63, 3.8) is 0 Å². The number of aromatic nitrogens is 2. The lowest BCUT2D eigenvalue weighted by molar-refractivity contribution is -0.118. The number of benzene rings is 3. The second-order valence-electron chi connectivity index (χ2n) is 7.30. The van der Waals surface area contributed by atoms with Gasteiger partial charge in [0.05, 0.1) is 28.2 Å². The van der Waals surface area contributed by atoms with Crippen LogP contribution in [0.2, 0.25) is 0 Å². The molecule has 1 aliphatic heterocycles. The Morgan fingerprint density at radius 3 is 2.32 bits per heavy atom. The van der Waals surface area contributed by atoms with Crippen LogP contribution < -0.4 is 10.3 Å². The van der Waals surface area contributed by atoms with Crippen LogP contribution in [0, 0.1) is 0 Å². The van der Waals surface area contributed by atoms with Crippen molar-refractivity contribution in [2.45, 2.75) is 5.03 Å². The molecule has 0 aliphatic carbocycles. The first kappa shape index (κ1) is 22.1. The molecule has 5 rings (SSSR count). The number of rotatable bonds is 6. The van der Waals surface area contributed by atoms with E-state index in [2.05, 4.69) is 10.5 Å². The van der Waals surface area contributed by atoms with E-state index in [9.17, 15) is 9.59 Å². The molecule has 34 heavy (non-hydrogen) atoms. The molecule has 2 amide bonds. The highest BCUT2D eigenvalue weighted by Crippen LogP contribution is 2.30. The van der Waals surface area contributed by atoms with Crippen LogP contribution in [0.1, 0.15) is 0 Å². The van der Waals surface area contributed by atoms with E-state index < -0.39 is 0 Å². The normalized spacial score (nSPS) is 14.6. The monoisotopic (exact) mass is 485 g/mol. The van der Waals surface area contributed by atoms with E-state index >= 15 is 0 Å². The quantitative estimate of drug-likeness (QED) is 0.318. The summed E-state index contributed by atoms with van der Waals surface area (Å²) in [6, 6.07) is 26.7. The first-order valence-corrected chi connectivity index (χ1v) is 12.5. The Morgan fingerprint density at radius 2 is 1.59 bits per heavy atom. The molecule has 1 aliphatic rings. The van der Waals surface area contributed by atoms with Gasteiger partial charge in [-0.25, -0.2) is 15.4 Å². The van der Waals surface area contributed by atoms with Gasteiger partial charge in [0.2, 0.25) is 5.91 Å². The molecule has 0 spiro atoms. The van der Waals surface area contributed by atoms with E-state index in [0.717, 1.165) is 28.0 Å². The molecule has 0 bridgehead atoms. The van der Waals surface area contributed by atoms with Crippen molar-refractivity contribution in [3.8, 4) is 11.3 Å². The molecule has 4 aromatic rings. The van der Waals surface area contributed by atoms with Crippen LogP contribution >= 0.6 is 23.5 Å². The zero-order chi connectivity index (χ0) is 23.3. The van der Waals surface area contributed by atoms with E-state index in [4.69, 9.17) is 9.97 Å². The number of anilines is 1. The lowest BCUT2D eigenvalue weighted by atomic mass is 10.1. The number of nitrogens with zero attached hydrogens (tertiary/aromatic N) is 4. The van der Waals surface area contributed by atoms with Gasteiger partial charge in [-0.2, -0.15) is 0 Å². The first-order valence-electron chi connectivity index (χ1n) is 10.5. The Balaban J connectivity index is 1.33. The summed E-state index contributed by atoms with van der Waals surface area (Å²) in [5, 5.41) is 5.33. The number of carbonyl (C=O) groups is 2. The fourth-order valence-corrected chi connectivity index (χ4v) is 5.04. The molecule has 7 nitrogen and oxygen atoms in total. The molecule has 0 radical (unpaired) electrons. The van der Waals surface area contributed by atoms with E-state index in [1.54, 1.807) is 0 Å². The van der Waals surface area contributed by atoms with Crippen molar-refractivity contribution in [2.24, 2.45) is 5.10 Å². The molecule has 3 aromatic carbocycles. The van der Waals surface area contributed by atoms with Crippen LogP contribution in [0.5, 0.6) is 0 Å². The number of hydrazone groups is 1. The number of nitrogens with one attached hydrogen (secondary N) is 1. The van der Waals surface area contributed by atoms with Gasteiger partial charge in [-0.1, -0.05) is 84.2 Å². The molecular formula is C25H19N5O2S2. The molecule has 0 atom stereocenters. The van der Waals surface area contributed by atoms with Crippen LogP contribution in [-0.4, -0.2) is 38.5 Å². The maximum absolute atomic E-state index is 12.6. The average molecular weight is 486 g/mol. The van der Waals surface area contributed by atoms with E-state index in [1.165, 1.54) is 28.4 Å². The maximum atomic E-state index is 12.6. The van der Waals surface area contributed by atoms with Gasteiger partial charge in [-0.3, -0.25) is 14.5 Å². The lowest BCUT2D eigenvalue weighted by Gasteiger charge is -2.15. The minimum atomic E-state index is -0.292. The summed E-state index contributed by atoms with van der Waals surface area (Å²) in [5.41, 5.74) is 6.53. The van der Waals surface area contributed by atoms with Crippen molar-refractivity contribution in [3.05, 3.63) is 84.9 Å². The lowest BCUT2D eigenvalue weighted by Crippen LogP contribution is -2.31. The summed E-state index contributed by atoms with van der Waals surface area (Å²) in [5.74, 6) is 0.0240. The van der Waals surface area contributed by atoms with Gasteiger partial charge in [0, 0.05) is 5.56 Å². The molecule has 1 N–H and O–H groups in total. The highest BCUT2D eigenvalue weighted by molar-refractivity contribution is 8.15. The Hall–Kier alpha value is -3.69. The topological polar surface area (TPSA) is 87.5 Å². The number of thioether (sulfide) groups is 2. The largest absolute Gasteiger partial charge is 0.273 e. The van der Waals surface area contributed by atoms with Gasteiger partial charge in [0.15, 0.2) is 5.17 Å². The third kappa shape index (κ3) is 4.80. The average Bonchev–Trinajstić information content (AvgIpc) is 3.26. The number of amides is 2. The van der Waals surface area contributed by atoms with Crippen molar-refractivity contribution in [1.29, 1.82) is 0 Å². The summed E-state index contributed by atoms with van der Waals surface area (Å²) in [7, 11) is 0. The molecule has 1 aromatic heterocycles. The van der Waals surface area contributed by atoms with Gasteiger partial charge < -0.3 is 0 Å². The molecule has 0 saturated carbocycles. The van der Waals surface area contributed by atoms with E-state index in [-0.39, 0.29) is 23.3 Å².